The number of hydrogen-bond acceptors (Lipinski definition) is 5. The normalized spacial score (nSPS) is 12.6. The van der Waals surface area contributed by atoms with Gasteiger partial charge >= 0.3 is 0 Å². The van der Waals surface area contributed by atoms with Gasteiger partial charge in [-0.1, -0.05) is 35.5 Å². The van der Waals surface area contributed by atoms with E-state index in [9.17, 15) is 0 Å². The Labute approximate surface area is 93.2 Å². The van der Waals surface area contributed by atoms with Gasteiger partial charge in [-0.15, -0.1) is 0 Å². The van der Waals surface area contributed by atoms with E-state index in [0.717, 1.165) is 5.56 Å². The highest BCUT2D eigenvalue weighted by atomic mass is 16.5. The maximum Gasteiger partial charge on any atom is 0.246 e. The predicted octanol–water partition coefficient (Wildman–Crippen LogP) is 1.38. The first-order valence-electron chi connectivity index (χ1n) is 4.95. The fourth-order valence-electron chi connectivity index (χ4n) is 1.34. The van der Waals surface area contributed by atoms with Gasteiger partial charge in [0, 0.05) is 12.7 Å². The second kappa shape index (κ2) is 4.87. The zero-order valence-electron chi connectivity index (χ0n) is 8.96. The van der Waals surface area contributed by atoms with Gasteiger partial charge in [0.05, 0.1) is 6.61 Å². The summed E-state index contributed by atoms with van der Waals surface area (Å²) in [4.78, 5) is 4.22. The van der Waals surface area contributed by atoms with Crippen LogP contribution in [0.5, 0.6) is 0 Å². The number of nitrogens with two attached hydrogens (primary N) is 1. The van der Waals surface area contributed by atoms with Gasteiger partial charge < -0.3 is 15.0 Å². The Kier molecular flexibility index (Phi) is 3.28. The lowest BCUT2D eigenvalue weighted by molar-refractivity contribution is 0.166. The lowest BCUT2D eigenvalue weighted by Gasteiger charge is -2.02. The SMILES string of the molecule is COCC(N)c1nc(-c2ccccc2)no1. The molecule has 2 aromatic rings. The summed E-state index contributed by atoms with van der Waals surface area (Å²) in [5.74, 6) is 0.933. The van der Waals surface area contributed by atoms with Gasteiger partial charge in [0.1, 0.15) is 6.04 Å². The lowest BCUT2D eigenvalue weighted by Crippen LogP contribution is -2.16. The van der Waals surface area contributed by atoms with Crippen LogP contribution < -0.4 is 5.73 Å². The Balaban J connectivity index is 2.20. The summed E-state index contributed by atoms with van der Waals surface area (Å²) in [6.07, 6.45) is 0. The van der Waals surface area contributed by atoms with Crippen LogP contribution in [-0.2, 0) is 4.74 Å². The molecule has 84 valence electrons. The fourth-order valence-corrected chi connectivity index (χ4v) is 1.34. The van der Waals surface area contributed by atoms with Crippen LogP contribution in [0.15, 0.2) is 34.9 Å². The molecule has 5 heteroatoms. The molecule has 0 amide bonds. The Morgan fingerprint density at radius 1 is 1.38 bits per heavy atom. The van der Waals surface area contributed by atoms with E-state index >= 15 is 0 Å². The molecular formula is C11H13N3O2. The molecule has 1 aromatic heterocycles. The van der Waals surface area contributed by atoms with Crippen molar-refractivity contribution in [2.75, 3.05) is 13.7 Å². The molecule has 1 atom stereocenters. The zero-order valence-corrected chi connectivity index (χ0v) is 8.96. The van der Waals surface area contributed by atoms with Gasteiger partial charge in [-0.05, 0) is 0 Å². The molecule has 1 heterocycles. The van der Waals surface area contributed by atoms with Gasteiger partial charge in [0.2, 0.25) is 11.7 Å². The summed E-state index contributed by atoms with van der Waals surface area (Å²) in [6, 6.07) is 9.21. The van der Waals surface area contributed by atoms with Gasteiger partial charge in [-0.3, -0.25) is 0 Å². The van der Waals surface area contributed by atoms with Crippen molar-refractivity contribution in [2.45, 2.75) is 6.04 Å². The third-order valence-corrected chi connectivity index (χ3v) is 2.14. The number of hydrogen-bond donors (Lipinski definition) is 1. The second-order valence-corrected chi connectivity index (χ2v) is 3.38. The molecule has 0 aliphatic carbocycles. The van der Waals surface area contributed by atoms with Crippen molar-refractivity contribution < 1.29 is 9.26 Å². The highest BCUT2D eigenvalue weighted by molar-refractivity contribution is 5.53. The average Bonchev–Trinajstić information content (AvgIpc) is 2.80. The van der Waals surface area contributed by atoms with Gasteiger partial charge in [0.25, 0.3) is 0 Å². The summed E-state index contributed by atoms with van der Waals surface area (Å²) in [7, 11) is 1.58. The third kappa shape index (κ3) is 2.26. The highest BCUT2D eigenvalue weighted by Gasteiger charge is 2.14. The van der Waals surface area contributed by atoms with Crippen LogP contribution in [0, 0.1) is 0 Å². The summed E-state index contributed by atoms with van der Waals surface area (Å²) in [6.45, 7) is 0.358. The van der Waals surface area contributed by atoms with E-state index in [4.69, 9.17) is 15.0 Å². The van der Waals surface area contributed by atoms with E-state index < -0.39 is 0 Å². The summed E-state index contributed by atoms with van der Waals surface area (Å²) < 4.78 is 9.99. The number of rotatable bonds is 4. The molecule has 1 aromatic carbocycles. The molecule has 0 saturated carbocycles. The molecule has 2 N–H and O–H groups in total. The minimum Gasteiger partial charge on any atom is -0.383 e. The minimum atomic E-state index is -0.380. The van der Waals surface area contributed by atoms with Crippen LogP contribution >= 0.6 is 0 Å². The number of benzene rings is 1. The first-order valence-corrected chi connectivity index (χ1v) is 4.95. The molecule has 0 radical (unpaired) electrons. The Hall–Kier alpha value is -1.72. The molecule has 5 nitrogen and oxygen atoms in total. The van der Waals surface area contributed by atoms with Crippen molar-refractivity contribution >= 4 is 0 Å². The molecule has 0 aliphatic heterocycles. The van der Waals surface area contributed by atoms with E-state index in [1.807, 2.05) is 30.3 Å². The molecule has 1 unspecified atom stereocenters. The average molecular weight is 219 g/mol. The number of nitrogens with zero attached hydrogens (tertiary/aromatic N) is 2. The number of aromatic nitrogens is 2. The topological polar surface area (TPSA) is 74.2 Å². The Morgan fingerprint density at radius 2 is 2.12 bits per heavy atom. The fraction of sp³-hybridized carbons (Fsp3) is 0.273. The van der Waals surface area contributed by atoms with Gasteiger partial charge in [0.15, 0.2) is 0 Å². The van der Waals surface area contributed by atoms with Crippen molar-refractivity contribution in [3.63, 3.8) is 0 Å². The van der Waals surface area contributed by atoms with Crippen LogP contribution in [0.4, 0.5) is 0 Å². The van der Waals surface area contributed by atoms with Crippen LogP contribution in [0.1, 0.15) is 11.9 Å². The smallest absolute Gasteiger partial charge is 0.246 e. The zero-order chi connectivity index (χ0) is 11.4. The molecule has 16 heavy (non-hydrogen) atoms. The number of methoxy groups -OCH3 is 1. The van der Waals surface area contributed by atoms with Crippen molar-refractivity contribution in [2.24, 2.45) is 5.73 Å². The standard InChI is InChI=1S/C11H13N3O2/c1-15-7-9(12)11-13-10(14-16-11)8-5-3-2-4-6-8/h2-6,9H,7,12H2,1H3. The van der Waals surface area contributed by atoms with E-state index in [-0.39, 0.29) is 6.04 Å². The molecule has 0 bridgehead atoms. The maximum absolute atomic E-state index is 5.78. The first kappa shape index (κ1) is 10.8. The molecule has 0 aliphatic rings. The molecule has 2 rings (SSSR count). The monoisotopic (exact) mass is 219 g/mol. The van der Waals surface area contributed by atoms with Crippen LogP contribution in [0.25, 0.3) is 11.4 Å². The van der Waals surface area contributed by atoms with Crippen molar-refractivity contribution in [3.05, 3.63) is 36.2 Å². The van der Waals surface area contributed by atoms with Crippen LogP contribution in [0.2, 0.25) is 0 Å². The molecular weight excluding hydrogens is 206 g/mol. The number of ether oxygens (including phenoxy) is 1. The molecule has 0 saturated heterocycles. The quantitative estimate of drug-likeness (QED) is 0.840. The van der Waals surface area contributed by atoms with Crippen molar-refractivity contribution in [3.8, 4) is 11.4 Å². The van der Waals surface area contributed by atoms with E-state index in [1.165, 1.54) is 0 Å². The lowest BCUT2D eigenvalue weighted by atomic mass is 10.2. The predicted molar refractivity (Wildman–Crippen MR) is 58.5 cm³/mol. The van der Waals surface area contributed by atoms with Crippen molar-refractivity contribution in [1.82, 2.24) is 10.1 Å². The van der Waals surface area contributed by atoms with Crippen molar-refractivity contribution in [1.29, 1.82) is 0 Å². The summed E-state index contributed by atoms with van der Waals surface area (Å²) in [5, 5.41) is 3.87. The molecule has 0 spiro atoms. The van der Waals surface area contributed by atoms with Crippen LogP contribution in [0.3, 0.4) is 0 Å². The highest BCUT2D eigenvalue weighted by Crippen LogP contribution is 2.17. The summed E-state index contributed by atoms with van der Waals surface area (Å²) in [5.41, 5.74) is 6.68. The second-order valence-electron chi connectivity index (χ2n) is 3.38. The van der Waals surface area contributed by atoms with Crippen LogP contribution in [-0.4, -0.2) is 23.9 Å². The van der Waals surface area contributed by atoms with E-state index in [1.54, 1.807) is 7.11 Å². The van der Waals surface area contributed by atoms with Gasteiger partial charge in [-0.25, -0.2) is 0 Å². The van der Waals surface area contributed by atoms with E-state index in [0.29, 0.717) is 18.3 Å². The third-order valence-electron chi connectivity index (χ3n) is 2.14. The Morgan fingerprint density at radius 3 is 2.81 bits per heavy atom. The summed E-state index contributed by atoms with van der Waals surface area (Å²) >= 11 is 0. The van der Waals surface area contributed by atoms with E-state index in [2.05, 4.69) is 10.1 Å². The maximum atomic E-state index is 5.78. The Bertz CT molecular complexity index is 442. The first-order chi connectivity index (χ1) is 7.81. The minimum absolute atomic E-state index is 0.358. The van der Waals surface area contributed by atoms with Gasteiger partial charge in [-0.2, -0.15) is 4.98 Å². The molecule has 0 fully saturated rings. The largest absolute Gasteiger partial charge is 0.383 e.